The molecule has 0 aliphatic carbocycles. The summed E-state index contributed by atoms with van der Waals surface area (Å²) in [5.41, 5.74) is 5.38. The van der Waals surface area contributed by atoms with Gasteiger partial charge >= 0.3 is 5.97 Å². The zero-order valence-corrected chi connectivity index (χ0v) is 10.2. The third-order valence-electron chi connectivity index (χ3n) is 1.76. The molecule has 5 heteroatoms. The molecule has 80 valence electrons. The first-order chi connectivity index (χ1) is 7.00. The number of hydrogen-bond donors (Lipinski definition) is 1. The van der Waals surface area contributed by atoms with Gasteiger partial charge in [0, 0.05) is 3.57 Å². The summed E-state index contributed by atoms with van der Waals surface area (Å²) in [7, 11) is 0. The Morgan fingerprint density at radius 1 is 1.33 bits per heavy atom. The Balaban J connectivity index is 2.69. The largest absolute Gasteiger partial charge is 0.449 e. The molecule has 1 aromatic rings. The standard InChI is InChI=1S/C10H10INO3/c1-6(9(12)13)15-10(14)7-2-4-8(11)5-3-7/h2-6H,1H3,(H2,12,13)/t6-/m0/s1. The third kappa shape index (κ3) is 3.50. The van der Waals surface area contributed by atoms with Gasteiger partial charge in [0.1, 0.15) is 0 Å². The first-order valence-electron chi connectivity index (χ1n) is 4.26. The van der Waals surface area contributed by atoms with Crippen LogP contribution < -0.4 is 5.73 Å². The zero-order chi connectivity index (χ0) is 11.4. The quantitative estimate of drug-likeness (QED) is 0.675. The Morgan fingerprint density at radius 2 is 1.87 bits per heavy atom. The highest BCUT2D eigenvalue weighted by atomic mass is 127. The third-order valence-corrected chi connectivity index (χ3v) is 2.48. The van der Waals surface area contributed by atoms with Crippen LogP contribution in [0.2, 0.25) is 0 Å². The number of hydrogen-bond acceptors (Lipinski definition) is 3. The van der Waals surface area contributed by atoms with E-state index < -0.39 is 18.0 Å². The molecule has 0 aromatic heterocycles. The van der Waals surface area contributed by atoms with Gasteiger partial charge in [0.15, 0.2) is 6.10 Å². The second-order valence-corrected chi connectivity index (χ2v) is 4.20. The van der Waals surface area contributed by atoms with E-state index in [9.17, 15) is 9.59 Å². The molecule has 0 unspecified atom stereocenters. The molecular formula is C10H10INO3. The van der Waals surface area contributed by atoms with Gasteiger partial charge in [-0.15, -0.1) is 0 Å². The van der Waals surface area contributed by atoms with Crippen LogP contribution in [0.3, 0.4) is 0 Å². The number of ether oxygens (including phenoxy) is 1. The second kappa shape index (κ2) is 5.11. The van der Waals surface area contributed by atoms with E-state index in [0.717, 1.165) is 3.57 Å². The van der Waals surface area contributed by atoms with Gasteiger partial charge in [0.2, 0.25) is 0 Å². The van der Waals surface area contributed by atoms with Crippen LogP contribution in [0.25, 0.3) is 0 Å². The van der Waals surface area contributed by atoms with Crippen molar-refractivity contribution < 1.29 is 14.3 Å². The van der Waals surface area contributed by atoms with Gasteiger partial charge in [-0.25, -0.2) is 4.79 Å². The molecule has 1 amide bonds. The maximum atomic E-state index is 11.4. The average molecular weight is 319 g/mol. The number of rotatable bonds is 3. The lowest BCUT2D eigenvalue weighted by Crippen LogP contribution is -2.30. The van der Waals surface area contributed by atoms with Crippen molar-refractivity contribution in [3.8, 4) is 0 Å². The van der Waals surface area contributed by atoms with Crippen molar-refractivity contribution in [1.82, 2.24) is 0 Å². The minimum atomic E-state index is -0.906. The lowest BCUT2D eigenvalue weighted by molar-refractivity contribution is -0.125. The van der Waals surface area contributed by atoms with Crippen LogP contribution in [0.5, 0.6) is 0 Å². The molecule has 1 aromatic carbocycles. The normalized spacial score (nSPS) is 11.9. The van der Waals surface area contributed by atoms with E-state index in [-0.39, 0.29) is 0 Å². The van der Waals surface area contributed by atoms with Crippen LogP contribution in [0.15, 0.2) is 24.3 Å². The van der Waals surface area contributed by atoms with E-state index in [2.05, 4.69) is 22.6 Å². The summed E-state index contributed by atoms with van der Waals surface area (Å²) in [6.07, 6.45) is -0.906. The summed E-state index contributed by atoms with van der Waals surface area (Å²) < 4.78 is 5.84. The van der Waals surface area contributed by atoms with Crippen molar-refractivity contribution in [1.29, 1.82) is 0 Å². The van der Waals surface area contributed by atoms with Crippen LogP contribution in [0.4, 0.5) is 0 Å². The minimum absolute atomic E-state index is 0.406. The number of primary amides is 1. The molecule has 4 nitrogen and oxygen atoms in total. The first kappa shape index (κ1) is 12.0. The van der Waals surface area contributed by atoms with E-state index in [1.165, 1.54) is 6.92 Å². The average Bonchev–Trinajstić information content (AvgIpc) is 2.18. The molecule has 1 rings (SSSR count). The molecule has 0 aliphatic rings. The Kier molecular flexibility index (Phi) is 4.07. The molecule has 0 bridgehead atoms. The Bertz CT molecular complexity index is 375. The van der Waals surface area contributed by atoms with Gasteiger partial charge in [0.25, 0.3) is 5.91 Å². The number of carbonyl (C=O) groups is 2. The highest BCUT2D eigenvalue weighted by Crippen LogP contribution is 2.08. The number of nitrogens with two attached hydrogens (primary N) is 1. The molecule has 2 N–H and O–H groups in total. The fourth-order valence-corrected chi connectivity index (χ4v) is 1.23. The lowest BCUT2D eigenvalue weighted by Gasteiger charge is -2.09. The molecule has 0 fully saturated rings. The van der Waals surface area contributed by atoms with Crippen LogP contribution in [-0.4, -0.2) is 18.0 Å². The molecule has 0 saturated heterocycles. The van der Waals surface area contributed by atoms with Gasteiger partial charge in [-0.2, -0.15) is 0 Å². The van der Waals surface area contributed by atoms with Crippen LogP contribution >= 0.6 is 22.6 Å². The van der Waals surface area contributed by atoms with Crippen molar-refractivity contribution >= 4 is 34.5 Å². The fourth-order valence-electron chi connectivity index (χ4n) is 0.873. The van der Waals surface area contributed by atoms with Crippen LogP contribution in [0.1, 0.15) is 17.3 Å². The van der Waals surface area contributed by atoms with E-state index in [1.807, 2.05) is 0 Å². The molecule has 15 heavy (non-hydrogen) atoms. The van der Waals surface area contributed by atoms with Gasteiger partial charge in [-0.05, 0) is 53.8 Å². The molecule has 0 spiro atoms. The first-order valence-corrected chi connectivity index (χ1v) is 5.34. The van der Waals surface area contributed by atoms with E-state index >= 15 is 0 Å². The fraction of sp³-hybridized carbons (Fsp3) is 0.200. The predicted molar refractivity (Wildman–Crippen MR) is 63.2 cm³/mol. The minimum Gasteiger partial charge on any atom is -0.449 e. The topological polar surface area (TPSA) is 69.4 Å². The van der Waals surface area contributed by atoms with E-state index in [4.69, 9.17) is 10.5 Å². The van der Waals surface area contributed by atoms with Crippen LogP contribution in [-0.2, 0) is 9.53 Å². The van der Waals surface area contributed by atoms with E-state index in [1.54, 1.807) is 24.3 Å². The van der Waals surface area contributed by atoms with Gasteiger partial charge in [-0.1, -0.05) is 0 Å². The molecule has 0 radical (unpaired) electrons. The summed E-state index contributed by atoms with van der Waals surface area (Å²) in [6.45, 7) is 1.44. The van der Waals surface area contributed by atoms with Gasteiger partial charge < -0.3 is 10.5 Å². The number of carbonyl (C=O) groups excluding carboxylic acids is 2. The summed E-state index contributed by atoms with van der Waals surface area (Å²) in [5, 5.41) is 0. The molecule has 0 aliphatic heterocycles. The van der Waals surface area contributed by atoms with E-state index in [0.29, 0.717) is 5.56 Å². The summed E-state index contributed by atoms with van der Waals surface area (Å²) >= 11 is 2.13. The molecule has 0 heterocycles. The highest BCUT2D eigenvalue weighted by Gasteiger charge is 2.15. The number of halogens is 1. The van der Waals surface area contributed by atoms with Gasteiger partial charge in [-0.3, -0.25) is 4.79 Å². The molecule has 1 atom stereocenters. The van der Waals surface area contributed by atoms with Crippen molar-refractivity contribution in [2.75, 3.05) is 0 Å². The smallest absolute Gasteiger partial charge is 0.338 e. The van der Waals surface area contributed by atoms with Crippen LogP contribution in [0, 0.1) is 3.57 Å². The molecular weight excluding hydrogens is 309 g/mol. The predicted octanol–water partition coefficient (Wildman–Crippen LogP) is 1.32. The van der Waals surface area contributed by atoms with Gasteiger partial charge in [0.05, 0.1) is 5.56 Å². The lowest BCUT2D eigenvalue weighted by atomic mass is 10.2. The van der Waals surface area contributed by atoms with Crippen molar-refractivity contribution in [3.05, 3.63) is 33.4 Å². The SMILES string of the molecule is C[C@H](OC(=O)c1ccc(I)cc1)C(N)=O. The Labute approximate surface area is 101 Å². The Hall–Kier alpha value is -1.11. The zero-order valence-electron chi connectivity index (χ0n) is 8.07. The monoisotopic (exact) mass is 319 g/mol. The highest BCUT2D eigenvalue weighted by molar-refractivity contribution is 14.1. The summed E-state index contributed by atoms with van der Waals surface area (Å²) in [6, 6.07) is 6.84. The maximum Gasteiger partial charge on any atom is 0.338 e. The number of amides is 1. The number of benzene rings is 1. The van der Waals surface area contributed by atoms with Crippen molar-refractivity contribution in [3.63, 3.8) is 0 Å². The Morgan fingerprint density at radius 3 is 2.33 bits per heavy atom. The summed E-state index contributed by atoms with van der Waals surface area (Å²) in [4.78, 5) is 22.1. The summed E-state index contributed by atoms with van der Waals surface area (Å²) in [5.74, 6) is -1.20. The molecule has 0 saturated carbocycles. The number of esters is 1. The van der Waals surface area contributed by atoms with Crippen molar-refractivity contribution in [2.24, 2.45) is 5.73 Å². The van der Waals surface area contributed by atoms with Crippen molar-refractivity contribution in [2.45, 2.75) is 13.0 Å². The second-order valence-electron chi connectivity index (χ2n) is 2.96. The maximum absolute atomic E-state index is 11.4.